The van der Waals surface area contributed by atoms with Gasteiger partial charge in [0.1, 0.15) is 5.75 Å². The molecule has 1 saturated carbocycles. The molecule has 7 heteroatoms. The van der Waals surface area contributed by atoms with Crippen molar-refractivity contribution in [1.82, 2.24) is 14.9 Å². The predicted octanol–water partition coefficient (Wildman–Crippen LogP) is 1.95. The Morgan fingerprint density at radius 2 is 2.08 bits per heavy atom. The molecule has 2 aromatic rings. The van der Waals surface area contributed by atoms with Crippen molar-refractivity contribution in [2.24, 2.45) is 0 Å². The Balaban J connectivity index is 1.46. The Kier molecular flexibility index (Phi) is 4.79. The molecule has 1 aromatic heterocycles. The van der Waals surface area contributed by atoms with Gasteiger partial charge in [-0.15, -0.1) is 0 Å². The zero-order valence-corrected chi connectivity index (χ0v) is 13.5. The van der Waals surface area contributed by atoms with Gasteiger partial charge in [0.15, 0.2) is 0 Å². The van der Waals surface area contributed by atoms with E-state index >= 15 is 0 Å². The van der Waals surface area contributed by atoms with E-state index in [0.29, 0.717) is 24.7 Å². The second kappa shape index (κ2) is 7.16. The van der Waals surface area contributed by atoms with Gasteiger partial charge in [-0.25, -0.2) is 9.78 Å². The molecular weight excluding hydrogens is 308 g/mol. The van der Waals surface area contributed by atoms with Crippen molar-refractivity contribution < 1.29 is 9.53 Å². The second-order valence-electron chi connectivity index (χ2n) is 5.73. The monoisotopic (exact) mass is 328 g/mol. The Morgan fingerprint density at radius 3 is 2.71 bits per heavy atom. The molecule has 1 heterocycles. The van der Waals surface area contributed by atoms with E-state index in [1.807, 2.05) is 0 Å². The van der Waals surface area contributed by atoms with Gasteiger partial charge in [-0.2, -0.15) is 0 Å². The van der Waals surface area contributed by atoms with Crippen LogP contribution in [0.5, 0.6) is 5.75 Å². The third-order valence-electron chi connectivity index (χ3n) is 3.88. The zero-order chi connectivity index (χ0) is 16.9. The minimum absolute atomic E-state index is 0.0794. The molecule has 0 atom stereocenters. The molecule has 1 fully saturated rings. The number of urea groups is 1. The quantitative estimate of drug-likeness (QED) is 0.849. The molecule has 0 aliphatic heterocycles. The van der Waals surface area contributed by atoms with Gasteiger partial charge in [0.2, 0.25) is 0 Å². The molecule has 0 saturated heterocycles. The minimum Gasteiger partial charge on any atom is -0.497 e. The lowest BCUT2D eigenvalue weighted by atomic mass is 10.3. The van der Waals surface area contributed by atoms with E-state index in [4.69, 9.17) is 4.74 Å². The molecule has 1 aromatic carbocycles. The average Bonchev–Trinajstić information content (AvgIpc) is 3.42. The van der Waals surface area contributed by atoms with Crippen molar-refractivity contribution in [1.29, 1.82) is 0 Å². The molecule has 1 aliphatic carbocycles. The highest BCUT2D eigenvalue weighted by atomic mass is 16.5. The van der Waals surface area contributed by atoms with E-state index in [0.717, 1.165) is 24.3 Å². The van der Waals surface area contributed by atoms with Gasteiger partial charge in [0.25, 0.3) is 5.56 Å². The molecule has 24 heavy (non-hydrogen) atoms. The zero-order valence-electron chi connectivity index (χ0n) is 13.5. The minimum atomic E-state index is -0.323. The summed E-state index contributed by atoms with van der Waals surface area (Å²) in [5.74, 6) is 1.18. The third-order valence-corrected chi connectivity index (χ3v) is 3.88. The number of aromatic nitrogens is 2. The standard InChI is InChI=1S/C17H20N4O3/c1-24-14-6-4-13(5-7-14)20-17(23)18-8-9-21-11-19-15(10-16(21)22)12-2-3-12/h4-7,10-12H,2-3,8-9H2,1H3,(H2,18,20,23). The van der Waals surface area contributed by atoms with Crippen LogP contribution in [0.2, 0.25) is 0 Å². The first kappa shape index (κ1) is 16.0. The number of nitrogens with one attached hydrogen (secondary N) is 2. The number of amides is 2. The topological polar surface area (TPSA) is 85.2 Å². The predicted molar refractivity (Wildman–Crippen MR) is 90.5 cm³/mol. The number of rotatable bonds is 6. The van der Waals surface area contributed by atoms with Crippen molar-refractivity contribution in [3.8, 4) is 5.75 Å². The fraction of sp³-hybridized carbons (Fsp3) is 0.353. The molecule has 2 amide bonds. The maximum absolute atomic E-state index is 12.0. The molecule has 0 unspecified atom stereocenters. The Bertz CT molecular complexity index is 766. The van der Waals surface area contributed by atoms with Gasteiger partial charge in [-0.1, -0.05) is 0 Å². The van der Waals surface area contributed by atoms with Gasteiger partial charge in [0.05, 0.1) is 19.1 Å². The van der Waals surface area contributed by atoms with Crippen LogP contribution in [0.4, 0.5) is 10.5 Å². The highest BCUT2D eigenvalue weighted by Crippen LogP contribution is 2.38. The number of carbonyl (C=O) groups is 1. The second-order valence-corrected chi connectivity index (χ2v) is 5.73. The number of nitrogens with zero attached hydrogens (tertiary/aromatic N) is 2. The van der Waals surface area contributed by atoms with Crippen LogP contribution in [0.3, 0.4) is 0 Å². The number of methoxy groups -OCH3 is 1. The number of benzene rings is 1. The van der Waals surface area contributed by atoms with E-state index in [2.05, 4.69) is 15.6 Å². The van der Waals surface area contributed by atoms with Gasteiger partial charge in [-0.3, -0.25) is 9.36 Å². The summed E-state index contributed by atoms with van der Waals surface area (Å²) in [6.07, 6.45) is 3.78. The van der Waals surface area contributed by atoms with E-state index in [-0.39, 0.29) is 11.6 Å². The summed E-state index contributed by atoms with van der Waals surface area (Å²) in [7, 11) is 1.59. The van der Waals surface area contributed by atoms with Crippen LogP contribution in [-0.2, 0) is 6.54 Å². The first-order chi connectivity index (χ1) is 11.7. The van der Waals surface area contributed by atoms with Crippen molar-refractivity contribution in [2.45, 2.75) is 25.3 Å². The molecule has 7 nitrogen and oxygen atoms in total. The number of ether oxygens (including phenoxy) is 1. The summed E-state index contributed by atoms with van der Waals surface area (Å²) in [6, 6.07) is 8.31. The van der Waals surface area contributed by atoms with E-state index in [1.165, 1.54) is 4.57 Å². The van der Waals surface area contributed by atoms with Crippen LogP contribution in [0.1, 0.15) is 24.5 Å². The van der Waals surface area contributed by atoms with Gasteiger partial charge in [0, 0.05) is 30.8 Å². The molecule has 0 radical (unpaired) electrons. The lowest BCUT2D eigenvalue weighted by Gasteiger charge is -2.09. The van der Waals surface area contributed by atoms with E-state index in [1.54, 1.807) is 43.8 Å². The van der Waals surface area contributed by atoms with Crippen LogP contribution in [0.25, 0.3) is 0 Å². The summed E-state index contributed by atoms with van der Waals surface area (Å²) < 4.78 is 6.56. The maximum Gasteiger partial charge on any atom is 0.319 e. The van der Waals surface area contributed by atoms with E-state index < -0.39 is 0 Å². The number of anilines is 1. The lowest BCUT2D eigenvalue weighted by molar-refractivity contribution is 0.251. The summed E-state index contributed by atoms with van der Waals surface area (Å²) in [5, 5.41) is 5.43. The van der Waals surface area contributed by atoms with Crippen molar-refractivity contribution >= 4 is 11.7 Å². The smallest absolute Gasteiger partial charge is 0.319 e. The van der Waals surface area contributed by atoms with Gasteiger partial charge in [-0.05, 0) is 37.1 Å². The van der Waals surface area contributed by atoms with Crippen molar-refractivity contribution in [3.63, 3.8) is 0 Å². The van der Waals surface area contributed by atoms with E-state index in [9.17, 15) is 9.59 Å². The first-order valence-electron chi connectivity index (χ1n) is 7.91. The maximum atomic E-state index is 12.0. The number of hydrogen-bond acceptors (Lipinski definition) is 4. The SMILES string of the molecule is COc1ccc(NC(=O)NCCn2cnc(C3CC3)cc2=O)cc1. The van der Waals surface area contributed by atoms with Crippen LogP contribution in [-0.4, -0.2) is 29.2 Å². The molecule has 1 aliphatic rings. The largest absolute Gasteiger partial charge is 0.497 e. The molecular formula is C17H20N4O3. The van der Waals surface area contributed by atoms with Crippen LogP contribution in [0, 0.1) is 0 Å². The summed E-state index contributed by atoms with van der Waals surface area (Å²) in [6.45, 7) is 0.721. The Labute approximate surface area is 139 Å². The molecule has 2 N–H and O–H groups in total. The summed E-state index contributed by atoms with van der Waals surface area (Å²) in [4.78, 5) is 28.1. The van der Waals surface area contributed by atoms with Crippen molar-refractivity contribution in [3.05, 3.63) is 52.7 Å². The van der Waals surface area contributed by atoms with Crippen LogP contribution >= 0.6 is 0 Å². The normalized spacial score (nSPS) is 13.4. The fourth-order valence-electron chi connectivity index (χ4n) is 2.35. The fourth-order valence-corrected chi connectivity index (χ4v) is 2.35. The summed E-state index contributed by atoms with van der Waals surface area (Å²) in [5.41, 5.74) is 1.46. The van der Waals surface area contributed by atoms with Gasteiger partial charge < -0.3 is 15.4 Å². The number of carbonyl (C=O) groups excluding carboxylic acids is 1. The van der Waals surface area contributed by atoms with Crippen molar-refractivity contribution in [2.75, 3.05) is 19.0 Å². The molecule has 0 bridgehead atoms. The summed E-state index contributed by atoms with van der Waals surface area (Å²) >= 11 is 0. The molecule has 126 valence electrons. The average molecular weight is 328 g/mol. The van der Waals surface area contributed by atoms with Gasteiger partial charge >= 0.3 is 6.03 Å². The third kappa shape index (κ3) is 4.13. The highest BCUT2D eigenvalue weighted by molar-refractivity contribution is 5.89. The molecule has 3 rings (SSSR count). The Hall–Kier alpha value is -2.83. The lowest BCUT2D eigenvalue weighted by Crippen LogP contribution is -2.33. The molecule has 0 spiro atoms. The Morgan fingerprint density at radius 1 is 1.33 bits per heavy atom. The first-order valence-corrected chi connectivity index (χ1v) is 7.91. The highest BCUT2D eigenvalue weighted by Gasteiger charge is 2.25. The van der Waals surface area contributed by atoms with Crippen LogP contribution < -0.4 is 20.9 Å². The van der Waals surface area contributed by atoms with Crippen LogP contribution in [0.15, 0.2) is 41.5 Å². The number of hydrogen-bond donors (Lipinski definition) is 2.